The third-order valence-corrected chi connectivity index (χ3v) is 9.26. The summed E-state index contributed by atoms with van der Waals surface area (Å²) in [6.07, 6.45) is 1.17. The van der Waals surface area contributed by atoms with Crippen molar-refractivity contribution in [2.45, 2.75) is 33.6 Å². The van der Waals surface area contributed by atoms with E-state index in [4.69, 9.17) is 24.1 Å². The number of thiophene rings is 2. The Kier molecular flexibility index (Phi) is 13.3. The molecule has 1 aliphatic heterocycles. The molecule has 0 radical (unpaired) electrons. The van der Waals surface area contributed by atoms with Gasteiger partial charge in [-0.1, -0.05) is 0 Å². The molecule has 0 amide bonds. The number of ether oxygens (including phenoxy) is 5. The van der Waals surface area contributed by atoms with Crippen molar-refractivity contribution in [1.29, 1.82) is 0 Å². The van der Waals surface area contributed by atoms with Gasteiger partial charge in [-0.05, 0) is 53.3 Å². The number of methoxy groups -OCH3 is 4. The van der Waals surface area contributed by atoms with Crippen molar-refractivity contribution in [3.8, 4) is 23.0 Å². The number of esters is 2. The molecule has 0 spiro atoms. The van der Waals surface area contributed by atoms with E-state index < -0.39 is 11.9 Å². The average molecular weight is 677 g/mol. The second-order valence-corrected chi connectivity index (χ2v) is 13.4. The Morgan fingerprint density at radius 1 is 0.766 bits per heavy atom. The number of fused-ring (bicyclic) bond motifs is 3. The average Bonchev–Trinajstić information content (AvgIpc) is 3.90. The minimum Gasteiger partial charge on any atom is -0.493 e. The van der Waals surface area contributed by atoms with E-state index in [9.17, 15) is 19.2 Å². The molecule has 1 N–H and O–H groups in total. The molecule has 3 fully saturated rings. The number of carbonyl (C=O) groups excluding carboxylic acids is 3. The molecule has 4 atom stereocenters. The molecule has 2 aliphatic carbocycles. The van der Waals surface area contributed by atoms with E-state index in [2.05, 4.69) is 37.0 Å². The largest absolute Gasteiger partial charge is 1.00 e. The second kappa shape index (κ2) is 16.5. The molecular formula is C34H37LiO10S2. The van der Waals surface area contributed by atoms with Crippen molar-refractivity contribution in [2.24, 2.45) is 23.7 Å². The smallest absolute Gasteiger partial charge is 0.493 e. The third kappa shape index (κ3) is 9.29. The molecule has 246 valence electrons. The summed E-state index contributed by atoms with van der Waals surface area (Å²) in [4.78, 5) is 44.5. The number of ketones is 1. The van der Waals surface area contributed by atoms with Crippen molar-refractivity contribution in [2.75, 3.05) is 28.4 Å². The molecule has 4 aromatic rings. The van der Waals surface area contributed by atoms with Crippen LogP contribution in [0.25, 0.3) is 20.2 Å². The Bertz CT molecular complexity index is 1640. The summed E-state index contributed by atoms with van der Waals surface area (Å²) >= 11 is 3.06. The maximum Gasteiger partial charge on any atom is 1.00 e. The van der Waals surface area contributed by atoms with Gasteiger partial charge in [-0.2, -0.15) is 20.8 Å². The van der Waals surface area contributed by atoms with E-state index in [1.165, 1.54) is 27.3 Å². The number of rotatable bonds is 7. The van der Waals surface area contributed by atoms with Crippen LogP contribution in [0.2, 0.25) is 0 Å². The van der Waals surface area contributed by atoms with Gasteiger partial charge in [-0.3, -0.25) is 19.2 Å². The van der Waals surface area contributed by atoms with Gasteiger partial charge in [-0.25, -0.2) is 0 Å². The Labute approximate surface area is 293 Å². The number of cyclic esters (lactones) is 2. The molecule has 3 heterocycles. The summed E-state index contributed by atoms with van der Waals surface area (Å²) in [7, 11) is 6.42. The van der Waals surface area contributed by atoms with Crippen LogP contribution < -0.4 is 37.8 Å². The van der Waals surface area contributed by atoms with Crippen molar-refractivity contribution in [1.82, 2.24) is 0 Å². The minimum absolute atomic E-state index is 0. The first-order valence-electron chi connectivity index (χ1n) is 14.5. The zero-order valence-electron chi connectivity index (χ0n) is 27.7. The van der Waals surface area contributed by atoms with E-state index >= 15 is 0 Å². The van der Waals surface area contributed by atoms with Crippen LogP contribution >= 0.6 is 22.7 Å². The normalized spacial score (nSPS) is 19.7. The standard InChI is InChI=1S/C15H14O5S.C10H10O2S.C5H4O3.C4H9.Li/c1-19-10-3-7-4-13(21-12(7)6-11(10)20-2)14(16)8-5-9(8)15(17)18;1-11-8-5-7-3-4-13-10(7)6-9(8)12-2;6-4-2-1-3(2)5(7)8-4;1-4(2)3;/h3-4,6,8-9H,5H2,1-2H3,(H,17,18);3-6H,1-2H3;2-3H,1H2;1-3H3;/q;;;-1;+1. The van der Waals surface area contributed by atoms with Gasteiger partial charge in [-0.15, -0.1) is 22.7 Å². The van der Waals surface area contributed by atoms with Crippen LogP contribution in [-0.4, -0.2) is 57.2 Å². The molecule has 13 heteroatoms. The molecule has 4 unspecified atom stereocenters. The van der Waals surface area contributed by atoms with Crippen molar-refractivity contribution >= 4 is 66.5 Å². The van der Waals surface area contributed by atoms with E-state index in [1.54, 1.807) is 45.8 Å². The van der Waals surface area contributed by atoms with E-state index in [0.29, 0.717) is 22.8 Å². The van der Waals surface area contributed by atoms with Gasteiger partial charge in [0, 0.05) is 27.5 Å². The number of hydrogen-bond donors (Lipinski definition) is 1. The first-order valence-corrected chi connectivity index (χ1v) is 16.2. The van der Waals surface area contributed by atoms with Gasteiger partial charge >= 0.3 is 36.8 Å². The second-order valence-electron chi connectivity index (χ2n) is 11.4. The number of benzene rings is 2. The summed E-state index contributed by atoms with van der Waals surface area (Å²) in [5.74, 6) is 1.60. The number of carbonyl (C=O) groups is 4. The van der Waals surface area contributed by atoms with E-state index in [-0.39, 0.29) is 54.3 Å². The number of Topliss-reactive ketones (excluding diaryl/α,β-unsaturated/α-hetero) is 1. The Hall–Kier alpha value is -3.56. The van der Waals surface area contributed by atoms with E-state index in [1.807, 2.05) is 24.3 Å². The first kappa shape index (κ1) is 37.9. The molecule has 2 aromatic carbocycles. The summed E-state index contributed by atoms with van der Waals surface area (Å²) in [5, 5.41) is 13.1. The van der Waals surface area contributed by atoms with Gasteiger partial charge in [0.25, 0.3) is 0 Å². The monoisotopic (exact) mass is 676 g/mol. The van der Waals surface area contributed by atoms with Crippen molar-refractivity contribution < 1.29 is 66.8 Å². The summed E-state index contributed by atoms with van der Waals surface area (Å²) < 4.78 is 27.3. The maximum atomic E-state index is 12.3. The van der Waals surface area contributed by atoms with Gasteiger partial charge in [0.15, 0.2) is 28.8 Å². The number of hydrogen-bond acceptors (Lipinski definition) is 11. The Morgan fingerprint density at radius 3 is 1.68 bits per heavy atom. The Balaban J connectivity index is 0.000000196. The van der Waals surface area contributed by atoms with Crippen LogP contribution in [0.5, 0.6) is 23.0 Å². The number of aliphatic carboxylic acids is 1. The van der Waals surface area contributed by atoms with Crippen LogP contribution in [0.1, 0.15) is 43.3 Å². The van der Waals surface area contributed by atoms with Crippen LogP contribution in [0.3, 0.4) is 0 Å². The predicted molar refractivity (Wildman–Crippen MR) is 176 cm³/mol. The third-order valence-electron chi connectivity index (χ3n) is 7.27. The van der Waals surface area contributed by atoms with Crippen molar-refractivity contribution in [3.05, 3.63) is 52.6 Å². The van der Waals surface area contributed by atoms with Crippen molar-refractivity contribution in [3.63, 3.8) is 0 Å². The predicted octanol–water partition coefficient (Wildman–Crippen LogP) is 4.07. The van der Waals surface area contributed by atoms with Gasteiger partial charge in [0.05, 0.1) is 51.1 Å². The van der Waals surface area contributed by atoms with Gasteiger partial charge in [0.2, 0.25) is 0 Å². The molecule has 2 aromatic heterocycles. The topological polar surface area (TPSA) is 135 Å². The molecule has 10 nitrogen and oxygen atoms in total. The van der Waals surface area contributed by atoms with Gasteiger partial charge < -0.3 is 34.7 Å². The minimum atomic E-state index is -0.891. The quantitative estimate of drug-likeness (QED) is 0.100. The summed E-state index contributed by atoms with van der Waals surface area (Å²) in [6, 6.07) is 11.5. The molecule has 3 aliphatic rings. The summed E-state index contributed by atoms with van der Waals surface area (Å²) in [5.41, 5.74) is 0. The number of carboxylic acids is 1. The summed E-state index contributed by atoms with van der Waals surface area (Å²) in [6.45, 7) is 6.25. The van der Waals surface area contributed by atoms with Crippen LogP contribution in [0, 0.1) is 29.6 Å². The molecule has 47 heavy (non-hydrogen) atoms. The Morgan fingerprint density at radius 2 is 1.26 bits per heavy atom. The maximum absolute atomic E-state index is 12.3. The first-order chi connectivity index (χ1) is 21.9. The molecular weight excluding hydrogens is 639 g/mol. The molecule has 7 rings (SSSR count). The zero-order chi connectivity index (χ0) is 33.7. The molecule has 1 saturated heterocycles. The number of carboxylic acid groups (broad SMARTS) is 1. The van der Waals surface area contributed by atoms with E-state index in [0.717, 1.165) is 28.0 Å². The van der Waals surface area contributed by atoms with Crippen LogP contribution in [0.15, 0.2) is 41.8 Å². The van der Waals surface area contributed by atoms with Crippen LogP contribution in [0.4, 0.5) is 0 Å². The van der Waals surface area contributed by atoms with Gasteiger partial charge in [0.1, 0.15) is 0 Å². The SMILES string of the molecule is COc1cc2cc(C(=O)C3CC3C(=O)O)sc2cc1OC.COc1cc2ccsc2cc1OC.C[C-](C)C.O=C1OC(=O)C2CC12.[Li+]. The molecule has 2 saturated carbocycles. The van der Waals surface area contributed by atoms with Crippen LogP contribution in [-0.2, 0) is 19.1 Å². The molecule has 0 bridgehead atoms. The fourth-order valence-electron chi connectivity index (χ4n) is 4.68. The zero-order valence-corrected chi connectivity index (χ0v) is 29.3. The fourth-order valence-corrected chi connectivity index (χ4v) is 6.56. The fraction of sp³-hybridized carbons (Fsp3) is 0.382.